The third kappa shape index (κ3) is 4.16. The molecule has 20 heavy (non-hydrogen) atoms. The normalized spacial score (nSPS) is 12.1. The zero-order chi connectivity index (χ0) is 14.4. The summed E-state index contributed by atoms with van der Waals surface area (Å²) in [6.45, 7) is 0. The van der Waals surface area contributed by atoms with E-state index in [0.717, 1.165) is 11.1 Å². The molecule has 0 spiro atoms. The molecule has 2 rings (SSSR count). The van der Waals surface area contributed by atoms with Crippen LogP contribution in [0.3, 0.4) is 0 Å². The van der Waals surface area contributed by atoms with E-state index in [-0.39, 0.29) is 5.82 Å². The first-order valence-corrected chi connectivity index (χ1v) is 6.51. The molecular formula is C16H16FNO2. The van der Waals surface area contributed by atoms with Crippen molar-refractivity contribution in [3.8, 4) is 0 Å². The molecule has 1 atom stereocenters. The van der Waals surface area contributed by atoms with E-state index in [4.69, 9.17) is 0 Å². The molecular weight excluding hydrogens is 257 g/mol. The Morgan fingerprint density at radius 3 is 2.35 bits per heavy atom. The van der Waals surface area contributed by atoms with Gasteiger partial charge >= 0.3 is 5.97 Å². The van der Waals surface area contributed by atoms with Crippen LogP contribution in [0.5, 0.6) is 0 Å². The maximum atomic E-state index is 12.8. The van der Waals surface area contributed by atoms with Gasteiger partial charge in [-0.15, -0.1) is 0 Å². The summed E-state index contributed by atoms with van der Waals surface area (Å²) < 4.78 is 12.8. The van der Waals surface area contributed by atoms with Crippen molar-refractivity contribution in [1.29, 1.82) is 0 Å². The topological polar surface area (TPSA) is 50.2 Å². The Morgan fingerprint density at radius 1 is 1.10 bits per heavy atom. The molecule has 0 aliphatic rings. The van der Waals surface area contributed by atoms with Gasteiger partial charge in [0.25, 0.3) is 0 Å². The molecule has 0 bridgehead atoms. The third-order valence-electron chi connectivity index (χ3n) is 3.28. The van der Waals surface area contributed by atoms with Crippen LogP contribution < -0.4 is 0 Å². The number of rotatable bonds is 6. The number of hydrogen-bond donors (Lipinski definition) is 1. The van der Waals surface area contributed by atoms with Gasteiger partial charge in [-0.25, -0.2) is 4.39 Å². The van der Waals surface area contributed by atoms with E-state index in [2.05, 4.69) is 4.98 Å². The van der Waals surface area contributed by atoms with Crippen molar-refractivity contribution in [2.75, 3.05) is 0 Å². The van der Waals surface area contributed by atoms with Gasteiger partial charge in [0.05, 0.1) is 5.92 Å². The van der Waals surface area contributed by atoms with Crippen molar-refractivity contribution in [2.24, 2.45) is 5.92 Å². The number of aliphatic carboxylic acids is 1. The molecule has 4 heteroatoms. The highest BCUT2D eigenvalue weighted by molar-refractivity contribution is 5.70. The monoisotopic (exact) mass is 273 g/mol. The standard InChI is InChI=1S/C16H16FNO2/c17-15-5-2-13(3-6-15)11-14(16(19)20)4-1-12-7-9-18-10-8-12/h2-3,5-10,14H,1,4,11H2,(H,19,20). The minimum atomic E-state index is -0.816. The van der Waals surface area contributed by atoms with Crippen molar-refractivity contribution in [2.45, 2.75) is 19.3 Å². The summed E-state index contributed by atoms with van der Waals surface area (Å²) in [5, 5.41) is 9.28. The molecule has 0 aliphatic heterocycles. The van der Waals surface area contributed by atoms with Gasteiger partial charge in [-0.1, -0.05) is 12.1 Å². The fraction of sp³-hybridized carbons (Fsp3) is 0.250. The van der Waals surface area contributed by atoms with Crippen LogP contribution in [0.25, 0.3) is 0 Å². The highest BCUT2D eigenvalue weighted by Gasteiger charge is 2.17. The lowest BCUT2D eigenvalue weighted by molar-refractivity contribution is -0.141. The van der Waals surface area contributed by atoms with Crippen molar-refractivity contribution < 1.29 is 14.3 Å². The Kier molecular flexibility index (Phi) is 4.82. The van der Waals surface area contributed by atoms with E-state index in [1.807, 2.05) is 12.1 Å². The first-order chi connectivity index (χ1) is 9.65. The van der Waals surface area contributed by atoms with Crippen LogP contribution in [0.2, 0.25) is 0 Å². The van der Waals surface area contributed by atoms with Crippen LogP contribution in [-0.2, 0) is 17.6 Å². The Hall–Kier alpha value is -2.23. The first-order valence-electron chi connectivity index (χ1n) is 6.51. The summed E-state index contributed by atoms with van der Waals surface area (Å²) in [4.78, 5) is 15.2. The summed E-state index contributed by atoms with van der Waals surface area (Å²) in [6.07, 6.45) is 5.06. The van der Waals surface area contributed by atoms with Gasteiger partial charge in [0.2, 0.25) is 0 Å². The van der Waals surface area contributed by atoms with Crippen molar-refractivity contribution >= 4 is 5.97 Å². The second-order valence-electron chi connectivity index (χ2n) is 4.76. The number of aromatic nitrogens is 1. The van der Waals surface area contributed by atoms with Crippen LogP contribution in [0, 0.1) is 11.7 Å². The predicted molar refractivity (Wildman–Crippen MR) is 73.8 cm³/mol. The van der Waals surface area contributed by atoms with Crippen molar-refractivity contribution in [3.63, 3.8) is 0 Å². The SMILES string of the molecule is O=C(O)C(CCc1ccncc1)Cc1ccc(F)cc1. The van der Waals surface area contributed by atoms with Gasteiger partial charge in [0.15, 0.2) is 0 Å². The summed E-state index contributed by atoms with van der Waals surface area (Å²) in [6, 6.07) is 9.76. The smallest absolute Gasteiger partial charge is 0.306 e. The Bertz CT molecular complexity index is 554. The Balaban J connectivity index is 1.97. The molecule has 0 amide bonds. The number of carboxylic acids is 1. The first kappa shape index (κ1) is 14.2. The molecule has 0 fully saturated rings. The summed E-state index contributed by atoms with van der Waals surface area (Å²) in [7, 11) is 0. The van der Waals surface area contributed by atoms with Gasteiger partial charge in [-0.3, -0.25) is 9.78 Å². The number of carboxylic acid groups (broad SMARTS) is 1. The number of carbonyl (C=O) groups is 1. The molecule has 104 valence electrons. The Labute approximate surface area is 117 Å². The lowest BCUT2D eigenvalue weighted by Crippen LogP contribution is -2.17. The molecule has 1 unspecified atom stereocenters. The van der Waals surface area contributed by atoms with Crippen LogP contribution >= 0.6 is 0 Å². The minimum Gasteiger partial charge on any atom is -0.481 e. The lowest BCUT2D eigenvalue weighted by Gasteiger charge is -2.12. The second kappa shape index (κ2) is 6.80. The lowest BCUT2D eigenvalue weighted by atomic mass is 9.93. The van der Waals surface area contributed by atoms with Crippen molar-refractivity contribution in [1.82, 2.24) is 4.98 Å². The van der Waals surface area contributed by atoms with E-state index in [0.29, 0.717) is 19.3 Å². The molecule has 1 aromatic carbocycles. The molecule has 0 saturated carbocycles. The number of nitrogens with zero attached hydrogens (tertiary/aromatic N) is 1. The highest BCUT2D eigenvalue weighted by Crippen LogP contribution is 2.16. The number of halogens is 1. The largest absolute Gasteiger partial charge is 0.481 e. The van der Waals surface area contributed by atoms with Gasteiger partial charge in [-0.2, -0.15) is 0 Å². The Morgan fingerprint density at radius 2 is 1.75 bits per heavy atom. The number of benzene rings is 1. The number of hydrogen-bond acceptors (Lipinski definition) is 2. The van der Waals surface area contributed by atoms with Crippen molar-refractivity contribution in [3.05, 3.63) is 65.7 Å². The molecule has 0 radical (unpaired) electrons. The van der Waals surface area contributed by atoms with E-state index < -0.39 is 11.9 Å². The molecule has 0 aliphatic carbocycles. The minimum absolute atomic E-state index is 0.308. The zero-order valence-corrected chi connectivity index (χ0v) is 11.0. The number of pyridine rings is 1. The maximum Gasteiger partial charge on any atom is 0.306 e. The zero-order valence-electron chi connectivity index (χ0n) is 11.0. The molecule has 1 N–H and O–H groups in total. The van der Waals surface area contributed by atoms with Crippen LogP contribution in [-0.4, -0.2) is 16.1 Å². The molecule has 1 aromatic heterocycles. The summed E-state index contributed by atoms with van der Waals surface area (Å²) in [5.41, 5.74) is 1.92. The molecule has 3 nitrogen and oxygen atoms in total. The van der Waals surface area contributed by atoms with Crippen LogP contribution in [0.15, 0.2) is 48.8 Å². The maximum absolute atomic E-state index is 12.8. The predicted octanol–water partition coefficient (Wildman–Crippen LogP) is 3.10. The fourth-order valence-corrected chi connectivity index (χ4v) is 2.11. The average molecular weight is 273 g/mol. The molecule has 0 saturated heterocycles. The van der Waals surface area contributed by atoms with Crippen LogP contribution in [0.4, 0.5) is 4.39 Å². The highest BCUT2D eigenvalue weighted by atomic mass is 19.1. The third-order valence-corrected chi connectivity index (χ3v) is 3.28. The van der Waals surface area contributed by atoms with Gasteiger partial charge in [0, 0.05) is 12.4 Å². The molecule has 2 aromatic rings. The quantitative estimate of drug-likeness (QED) is 0.879. The van der Waals surface area contributed by atoms with Gasteiger partial charge in [-0.05, 0) is 54.7 Å². The number of aryl methyl sites for hydroxylation is 1. The van der Waals surface area contributed by atoms with E-state index in [9.17, 15) is 14.3 Å². The van der Waals surface area contributed by atoms with E-state index in [1.165, 1.54) is 12.1 Å². The molecule has 1 heterocycles. The van der Waals surface area contributed by atoms with E-state index in [1.54, 1.807) is 24.5 Å². The van der Waals surface area contributed by atoms with E-state index >= 15 is 0 Å². The summed E-state index contributed by atoms with van der Waals surface area (Å²) in [5.74, 6) is -1.59. The average Bonchev–Trinajstić information content (AvgIpc) is 2.46. The second-order valence-corrected chi connectivity index (χ2v) is 4.76. The fourth-order valence-electron chi connectivity index (χ4n) is 2.11. The van der Waals surface area contributed by atoms with Gasteiger partial charge < -0.3 is 5.11 Å². The van der Waals surface area contributed by atoms with Gasteiger partial charge in [0.1, 0.15) is 5.82 Å². The van der Waals surface area contributed by atoms with Crippen LogP contribution in [0.1, 0.15) is 17.5 Å². The summed E-state index contributed by atoms with van der Waals surface area (Å²) >= 11 is 0.